The van der Waals surface area contributed by atoms with Crippen LogP contribution < -0.4 is 15.0 Å². The molecular formula is C20H22F3N3O2S. The number of fused-ring (bicyclic) bond motifs is 1. The van der Waals surface area contributed by atoms with Gasteiger partial charge in [0.25, 0.3) is 0 Å². The van der Waals surface area contributed by atoms with Crippen LogP contribution in [0.15, 0.2) is 23.3 Å². The zero-order valence-electron chi connectivity index (χ0n) is 16.0. The summed E-state index contributed by atoms with van der Waals surface area (Å²) in [6.45, 7) is 0. The Balaban J connectivity index is 1.39. The van der Waals surface area contributed by atoms with E-state index in [4.69, 9.17) is 0 Å². The van der Waals surface area contributed by atoms with Crippen LogP contribution in [0.3, 0.4) is 0 Å². The van der Waals surface area contributed by atoms with Crippen molar-refractivity contribution in [3.8, 4) is 5.75 Å². The first-order valence-corrected chi connectivity index (χ1v) is 10.7. The second kappa shape index (κ2) is 6.48. The molecule has 0 spiro atoms. The summed E-state index contributed by atoms with van der Waals surface area (Å²) in [7, 11) is 1.78. The molecule has 1 aromatic heterocycles. The molecule has 4 aliphatic carbocycles. The number of nitrogens with one attached hydrogen (secondary N) is 1. The highest BCUT2D eigenvalue weighted by atomic mass is 32.1. The van der Waals surface area contributed by atoms with Crippen molar-refractivity contribution >= 4 is 27.5 Å². The van der Waals surface area contributed by atoms with Gasteiger partial charge < -0.3 is 9.30 Å². The molecule has 4 aliphatic rings. The van der Waals surface area contributed by atoms with E-state index < -0.39 is 6.36 Å². The third-order valence-electron chi connectivity index (χ3n) is 6.79. The van der Waals surface area contributed by atoms with Gasteiger partial charge in [-0.15, -0.1) is 18.3 Å². The Bertz CT molecular complexity index is 1000. The fraction of sp³-hybridized carbons (Fsp3) is 0.600. The lowest BCUT2D eigenvalue weighted by atomic mass is 9.49. The number of rotatable bonds is 3. The molecule has 1 heterocycles. The molecule has 1 aromatic carbocycles. The van der Waals surface area contributed by atoms with Gasteiger partial charge in [-0.05, 0) is 74.5 Å². The Morgan fingerprint density at radius 2 is 1.83 bits per heavy atom. The number of benzene rings is 1. The van der Waals surface area contributed by atoms with E-state index in [-0.39, 0.29) is 17.1 Å². The van der Waals surface area contributed by atoms with Crippen molar-refractivity contribution < 1.29 is 22.7 Å². The van der Waals surface area contributed by atoms with Crippen LogP contribution in [0.25, 0.3) is 10.2 Å². The summed E-state index contributed by atoms with van der Waals surface area (Å²) in [5, 5.41) is 4.32. The predicted octanol–water partition coefficient (Wildman–Crippen LogP) is 4.29. The average molecular weight is 425 g/mol. The van der Waals surface area contributed by atoms with Gasteiger partial charge in [0.15, 0.2) is 0 Å². The molecule has 0 saturated heterocycles. The Hall–Kier alpha value is -2.03. The first kappa shape index (κ1) is 19.0. The summed E-state index contributed by atoms with van der Waals surface area (Å²) < 4.78 is 43.7. The summed E-state index contributed by atoms with van der Waals surface area (Å²) >= 11 is 1.22. The summed E-state index contributed by atoms with van der Waals surface area (Å²) in [6, 6.07) is 4.18. The molecule has 4 fully saturated rings. The van der Waals surface area contributed by atoms with Gasteiger partial charge in [-0.1, -0.05) is 11.3 Å². The minimum atomic E-state index is -4.73. The summed E-state index contributed by atoms with van der Waals surface area (Å²) in [5.74, 6) is 1.73. The Kier molecular flexibility index (Phi) is 4.24. The Morgan fingerprint density at radius 1 is 1.21 bits per heavy atom. The number of carbonyl (C=O) groups is 1. The number of ether oxygens (including phenoxy) is 1. The lowest BCUT2D eigenvalue weighted by Crippen LogP contribution is -2.53. The quantitative estimate of drug-likeness (QED) is 0.746. The van der Waals surface area contributed by atoms with Crippen molar-refractivity contribution in [1.29, 1.82) is 0 Å². The number of thiazole rings is 1. The minimum Gasteiger partial charge on any atom is -0.406 e. The monoisotopic (exact) mass is 425 g/mol. The highest BCUT2D eigenvalue weighted by Crippen LogP contribution is 2.60. The molecule has 5 nitrogen and oxygen atoms in total. The fourth-order valence-electron chi connectivity index (χ4n) is 6.02. The van der Waals surface area contributed by atoms with Crippen LogP contribution in [0.2, 0.25) is 0 Å². The van der Waals surface area contributed by atoms with Crippen LogP contribution in [0, 0.1) is 23.2 Å². The van der Waals surface area contributed by atoms with Crippen molar-refractivity contribution in [2.24, 2.45) is 35.3 Å². The highest BCUT2D eigenvalue weighted by molar-refractivity contribution is 7.16. The molecule has 4 saturated carbocycles. The average Bonchev–Trinajstić information content (AvgIpc) is 2.92. The zero-order chi connectivity index (χ0) is 20.4. The summed E-state index contributed by atoms with van der Waals surface area (Å²) in [5.41, 5.74) is 3.21. The molecule has 6 rings (SSSR count). The van der Waals surface area contributed by atoms with Gasteiger partial charge in [-0.25, -0.2) is 5.43 Å². The van der Waals surface area contributed by atoms with Gasteiger partial charge in [0.05, 0.1) is 15.6 Å². The number of carbonyl (C=O) groups excluding carboxylic acids is 1. The largest absolute Gasteiger partial charge is 0.573 e. The smallest absolute Gasteiger partial charge is 0.406 e. The first-order valence-electron chi connectivity index (χ1n) is 9.90. The van der Waals surface area contributed by atoms with Crippen molar-refractivity contribution in [2.45, 2.75) is 44.9 Å². The van der Waals surface area contributed by atoms with Gasteiger partial charge in [-0.3, -0.25) is 4.79 Å². The van der Waals surface area contributed by atoms with Gasteiger partial charge in [-0.2, -0.15) is 0 Å². The lowest BCUT2D eigenvalue weighted by molar-refractivity contribution is -0.274. The minimum absolute atomic E-state index is 0.00449. The topological polar surface area (TPSA) is 55.6 Å². The molecule has 0 unspecified atom stereocenters. The number of nitrogens with zero attached hydrogens (tertiary/aromatic N) is 2. The van der Waals surface area contributed by atoms with Crippen LogP contribution in [-0.4, -0.2) is 16.8 Å². The maximum atomic E-state index is 13.1. The molecule has 4 bridgehead atoms. The third-order valence-corrected chi connectivity index (χ3v) is 7.88. The number of aromatic nitrogens is 1. The fourth-order valence-corrected chi connectivity index (χ4v) is 7.03. The SMILES string of the molecule is Cn1/c(=N\NC(=O)C23CC4CC(CC(C4)C2)C3)sc2cc(OC(F)(F)F)ccc21. The molecule has 2 aromatic rings. The number of aryl methyl sites for hydroxylation is 1. The molecule has 1 N–H and O–H groups in total. The Labute approximate surface area is 169 Å². The maximum Gasteiger partial charge on any atom is 0.573 e. The highest BCUT2D eigenvalue weighted by Gasteiger charge is 2.54. The van der Waals surface area contributed by atoms with Crippen molar-refractivity contribution in [3.05, 3.63) is 23.0 Å². The van der Waals surface area contributed by atoms with Gasteiger partial charge in [0, 0.05) is 7.05 Å². The van der Waals surface area contributed by atoms with Crippen LogP contribution in [0.4, 0.5) is 13.2 Å². The van der Waals surface area contributed by atoms with E-state index >= 15 is 0 Å². The van der Waals surface area contributed by atoms with E-state index in [0.717, 1.165) is 24.8 Å². The molecule has 0 atom stereocenters. The van der Waals surface area contributed by atoms with Crippen LogP contribution in [0.1, 0.15) is 38.5 Å². The molecule has 0 aliphatic heterocycles. The van der Waals surface area contributed by atoms with E-state index in [1.54, 1.807) is 17.7 Å². The second-order valence-electron chi connectivity index (χ2n) is 8.87. The molecular weight excluding hydrogens is 403 g/mol. The van der Waals surface area contributed by atoms with Crippen LogP contribution >= 0.6 is 11.3 Å². The van der Waals surface area contributed by atoms with Crippen LogP contribution in [-0.2, 0) is 11.8 Å². The van der Waals surface area contributed by atoms with Crippen molar-refractivity contribution in [1.82, 2.24) is 9.99 Å². The van der Waals surface area contributed by atoms with E-state index in [1.807, 2.05) is 0 Å². The Morgan fingerprint density at radius 3 is 2.41 bits per heavy atom. The predicted molar refractivity (Wildman–Crippen MR) is 102 cm³/mol. The van der Waals surface area contributed by atoms with E-state index in [2.05, 4.69) is 15.3 Å². The molecule has 1 amide bonds. The third kappa shape index (κ3) is 3.43. The van der Waals surface area contributed by atoms with Gasteiger partial charge >= 0.3 is 6.36 Å². The zero-order valence-corrected chi connectivity index (χ0v) is 16.8. The molecule has 156 valence electrons. The number of amides is 1. The number of halogens is 3. The summed E-state index contributed by atoms with van der Waals surface area (Å²) in [6.07, 6.45) is 1.92. The van der Waals surface area contributed by atoms with Gasteiger partial charge in [0.2, 0.25) is 10.7 Å². The van der Waals surface area contributed by atoms with Crippen molar-refractivity contribution in [3.63, 3.8) is 0 Å². The number of alkyl halides is 3. The van der Waals surface area contributed by atoms with Gasteiger partial charge in [0.1, 0.15) is 5.75 Å². The number of hydrogen-bond acceptors (Lipinski definition) is 4. The van der Waals surface area contributed by atoms with Crippen molar-refractivity contribution in [2.75, 3.05) is 0 Å². The second-order valence-corrected chi connectivity index (χ2v) is 9.88. The van der Waals surface area contributed by atoms with E-state index in [0.29, 0.717) is 27.3 Å². The normalized spacial score (nSPS) is 31.4. The summed E-state index contributed by atoms with van der Waals surface area (Å²) in [4.78, 5) is 13.6. The standard InChI is InChI=1S/C20H22F3N3O2S/c1-26-15-3-2-14(28-20(21,22)23)7-16(15)29-18(26)25-24-17(27)19-8-11-4-12(9-19)6-13(5-11)10-19/h2-3,7,11-13H,4-6,8-10H2,1H3,(H,24,27)/b25-18+. The molecule has 9 heteroatoms. The van der Waals surface area contributed by atoms with Crippen LogP contribution in [0.5, 0.6) is 5.75 Å². The lowest BCUT2D eigenvalue weighted by Gasteiger charge is -2.55. The molecule has 0 radical (unpaired) electrons. The van der Waals surface area contributed by atoms with E-state index in [9.17, 15) is 18.0 Å². The maximum absolute atomic E-state index is 13.1. The molecule has 29 heavy (non-hydrogen) atoms. The number of hydrogen-bond donors (Lipinski definition) is 1. The first-order chi connectivity index (χ1) is 13.7. The van der Waals surface area contributed by atoms with E-state index in [1.165, 1.54) is 42.7 Å².